The molecule has 6 heteroatoms. The topological polar surface area (TPSA) is 72.9 Å². The van der Waals surface area contributed by atoms with Gasteiger partial charge in [0, 0.05) is 49.6 Å². The first-order chi connectivity index (χ1) is 15.1. The van der Waals surface area contributed by atoms with Crippen LogP contribution in [0.3, 0.4) is 0 Å². The third-order valence-corrected chi connectivity index (χ3v) is 10.9. The molecule has 174 valence electrons. The normalized spacial score (nSPS) is 52.7. The average molecular weight is 442 g/mol. The van der Waals surface area contributed by atoms with Crippen molar-refractivity contribution >= 4 is 17.7 Å². The zero-order valence-electron chi connectivity index (χ0n) is 19.7. The highest BCUT2D eigenvalue weighted by Gasteiger charge is 2.86. The molecule has 2 spiro atoms. The Hall–Kier alpha value is -1.69. The van der Waals surface area contributed by atoms with Crippen molar-refractivity contribution in [3.05, 3.63) is 12.2 Å². The smallest absolute Gasteiger partial charge is 0.303 e. The SMILES string of the molecule is C=C1[C@@H]2C[C@@]3(C4C[C@H]5C6([C@@H](OC(C)=O)CC[C@@]5(C)CN(CC)[C@H]46)[C@@H]3CC2=O)[C@@H]1OC(C)=O. The lowest BCUT2D eigenvalue weighted by Crippen LogP contribution is -2.69. The fraction of sp³-hybridized carbons (Fsp3) is 0.808. The maximum Gasteiger partial charge on any atom is 0.303 e. The molecule has 6 rings (SSSR count). The average Bonchev–Trinajstić information content (AvgIpc) is 3.24. The van der Waals surface area contributed by atoms with Crippen LogP contribution in [0.1, 0.15) is 59.8 Å². The molecule has 1 heterocycles. The third kappa shape index (κ3) is 2.10. The Bertz CT molecular complexity index is 945. The zero-order valence-corrected chi connectivity index (χ0v) is 19.7. The predicted molar refractivity (Wildman–Crippen MR) is 116 cm³/mol. The van der Waals surface area contributed by atoms with Gasteiger partial charge in [-0.15, -0.1) is 0 Å². The maximum absolute atomic E-state index is 13.4. The highest BCUT2D eigenvalue weighted by Crippen LogP contribution is 2.83. The summed E-state index contributed by atoms with van der Waals surface area (Å²) in [5.41, 5.74) is 0.446. The van der Waals surface area contributed by atoms with Crippen molar-refractivity contribution in [1.29, 1.82) is 0 Å². The molecular formula is C26H35NO5. The molecule has 1 saturated heterocycles. The van der Waals surface area contributed by atoms with Gasteiger partial charge in [-0.05, 0) is 61.0 Å². The number of esters is 2. The summed E-state index contributed by atoms with van der Waals surface area (Å²) < 4.78 is 12.2. The Morgan fingerprint density at radius 1 is 1.19 bits per heavy atom. The summed E-state index contributed by atoms with van der Waals surface area (Å²) >= 11 is 0. The van der Waals surface area contributed by atoms with Gasteiger partial charge in [-0.2, -0.15) is 0 Å². The Labute approximate surface area is 190 Å². The van der Waals surface area contributed by atoms with Crippen molar-refractivity contribution in [2.75, 3.05) is 13.1 Å². The second-order valence-corrected chi connectivity index (χ2v) is 11.8. The van der Waals surface area contributed by atoms with Gasteiger partial charge in [0.15, 0.2) is 0 Å². The molecule has 32 heavy (non-hydrogen) atoms. The van der Waals surface area contributed by atoms with E-state index in [1.165, 1.54) is 13.8 Å². The Balaban J connectivity index is 1.59. The second kappa shape index (κ2) is 6.25. The van der Waals surface area contributed by atoms with E-state index in [0.717, 1.165) is 44.3 Å². The van der Waals surface area contributed by atoms with Crippen molar-refractivity contribution in [2.24, 2.45) is 39.9 Å². The van der Waals surface area contributed by atoms with Crippen molar-refractivity contribution in [3.8, 4) is 0 Å². The second-order valence-electron chi connectivity index (χ2n) is 11.8. The number of fused-ring (bicyclic) bond motifs is 1. The number of hydrogen-bond acceptors (Lipinski definition) is 6. The number of carbonyl (C=O) groups excluding carboxylic acids is 3. The van der Waals surface area contributed by atoms with Gasteiger partial charge in [-0.3, -0.25) is 19.3 Å². The summed E-state index contributed by atoms with van der Waals surface area (Å²) in [5.74, 6) is 0.322. The first-order valence-electron chi connectivity index (χ1n) is 12.4. The van der Waals surface area contributed by atoms with Gasteiger partial charge in [-0.25, -0.2) is 0 Å². The van der Waals surface area contributed by atoms with Gasteiger partial charge in [0.25, 0.3) is 0 Å². The van der Waals surface area contributed by atoms with E-state index in [1.54, 1.807) is 0 Å². The van der Waals surface area contributed by atoms with Crippen LogP contribution in [0.4, 0.5) is 0 Å². The van der Waals surface area contributed by atoms with Gasteiger partial charge >= 0.3 is 11.9 Å². The molecule has 5 saturated carbocycles. The first kappa shape index (κ1) is 20.9. The van der Waals surface area contributed by atoms with Crippen LogP contribution in [0.5, 0.6) is 0 Å². The number of piperidine rings is 1. The third-order valence-electron chi connectivity index (χ3n) is 10.9. The van der Waals surface area contributed by atoms with Crippen LogP contribution in [0.25, 0.3) is 0 Å². The molecule has 6 aliphatic rings. The van der Waals surface area contributed by atoms with E-state index in [9.17, 15) is 14.4 Å². The molecule has 10 atom stereocenters. The summed E-state index contributed by atoms with van der Waals surface area (Å²) in [6.07, 6.45) is 3.62. The van der Waals surface area contributed by atoms with E-state index in [-0.39, 0.29) is 57.9 Å². The fourth-order valence-corrected chi connectivity index (χ4v) is 10.4. The summed E-state index contributed by atoms with van der Waals surface area (Å²) in [6.45, 7) is 13.9. The Morgan fingerprint density at radius 3 is 2.56 bits per heavy atom. The number of carbonyl (C=O) groups is 3. The molecule has 7 bridgehead atoms. The van der Waals surface area contributed by atoms with Crippen LogP contribution in [0.15, 0.2) is 12.2 Å². The van der Waals surface area contributed by atoms with Crippen molar-refractivity contribution < 1.29 is 23.9 Å². The van der Waals surface area contributed by atoms with Crippen molar-refractivity contribution in [2.45, 2.75) is 78.0 Å². The minimum Gasteiger partial charge on any atom is -0.462 e. The number of nitrogens with zero attached hydrogens (tertiary/aromatic N) is 1. The fourth-order valence-electron chi connectivity index (χ4n) is 10.4. The van der Waals surface area contributed by atoms with Crippen LogP contribution in [0, 0.1) is 39.9 Å². The van der Waals surface area contributed by atoms with E-state index in [1.807, 2.05) is 0 Å². The van der Waals surface area contributed by atoms with Crippen LogP contribution < -0.4 is 0 Å². The first-order valence-corrected chi connectivity index (χ1v) is 12.4. The molecular weight excluding hydrogens is 406 g/mol. The lowest BCUT2D eigenvalue weighted by Gasteiger charge is -2.65. The lowest BCUT2D eigenvalue weighted by molar-refractivity contribution is -0.224. The quantitative estimate of drug-likeness (QED) is 0.495. The number of Topliss-reactive ketones (excluding diaryl/α,β-unsaturated/α-hetero) is 1. The van der Waals surface area contributed by atoms with Crippen LogP contribution in [-0.4, -0.2) is 54.0 Å². The predicted octanol–water partition coefficient (Wildman–Crippen LogP) is 3.14. The number of hydrogen-bond donors (Lipinski definition) is 0. The molecule has 0 aromatic rings. The summed E-state index contributed by atoms with van der Waals surface area (Å²) in [6, 6.07) is 0.260. The number of likely N-dealkylation sites (tertiary alicyclic amines) is 1. The number of ether oxygens (including phenoxy) is 2. The molecule has 0 aromatic carbocycles. The standard InChI is InChI=1S/C26H35NO5/c1-6-27-12-24(5)8-7-21(31-14(3)28)26-19(24)9-17(22(26)27)25-11-16(18(30)10-20(25)26)13(2)23(25)32-15(4)29/h16-17,19-23H,2,6-12H2,1,3-5H3/t16-,17?,19+,20+,21-,22+,23+,24-,25-,26?/m0/s1. The van der Waals surface area contributed by atoms with Gasteiger partial charge in [0.05, 0.1) is 0 Å². The largest absolute Gasteiger partial charge is 0.462 e. The van der Waals surface area contributed by atoms with E-state index >= 15 is 0 Å². The van der Waals surface area contributed by atoms with E-state index < -0.39 is 6.10 Å². The molecule has 6 nitrogen and oxygen atoms in total. The van der Waals surface area contributed by atoms with Crippen molar-refractivity contribution in [1.82, 2.24) is 4.90 Å². The summed E-state index contributed by atoms with van der Waals surface area (Å²) in [5, 5.41) is 0. The molecule has 0 N–H and O–H groups in total. The van der Waals surface area contributed by atoms with Gasteiger partial charge in [-0.1, -0.05) is 20.4 Å². The molecule has 0 radical (unpaired) electrons. The lowest BCUT2D eigenvalue weighted by atomic mass is 9.43. The van der Waals surface area contributed by atoms with E-state index in [4.69, 9.17) is 9.47 Å². The van der Waals surface area contributed by atoms with Gasteiger partial charge < -0.3 is 9.47 Å². The van der Waals surface area contributed by atoms with Gasteiger partial charge in [0.1, 0.15) is 18.0 Å². The Morgan fingerprint density at radius 2 is 1.91 bits per heavy atom. The Kier molecular flexibility index (Phi) is 4.08. The van der Waals surface area contributed by atoms with E-state index in [0.29, 0.717) is 18.3 Å². The van der Waals surface area contributed by atoms with Crippen LogP contribution in [-0.2, 0) is 23.9 Å². The monoisotopic (exact) mass is 441 g/mol. The van der Waals surface area contributed by atoms with Gasteiger partial charge in [0.2, 0.25) is 0 Å². The van der Waals surface area contributed by atoms with Crippen LogP contribution in [0.2, 0.25) is 0 Å². The molecule has 6 fully saturated rings. The molecule has 0 amide bonds. The maximum atomic E-state index is 13.4. The van der Waals surface area contributed by atoms with Crippen molar-refractivity contribution in [3.63, 3.8) is 0 Å². The zero-order chi connectivity index (χ0) is 22.8. The molecule has 5 aliphatic carbocycles. The minimum atomic E-state index is -0.405. The highest BCUT2D eigenvalue weighted by atomic mass is 16.5. The van der Waals surface area contributed by atoms with E-state index in [2.05, 4.69) is 25.3 Å². The molecule has 1 aliphatic heterocycles. The summed E-state index contributed by atoms with van der Waals surface area (Å²) in [4.78, 5) is 40.5. The van der Waals surface area contributed by atoms with Crippen LogP contribution >= 0.6 is 0 Å². The number of rotatable bonds is 3. The number of ketones is 1. The highest BCUT2D eigenvalue weighted by molar-refractivity contribution is 5.87. The molecule has 2 unspecified atom stereocenters. The molecule has 0 aromatic heterocycles. The summed E-state index contributed by atoms with van der Waals surface area (Å²) in [7, 11) is 0. The minimum absolute atomic E-state index is 0.0643.